The number of aromatic nitrogens is 1. The molecule has 0 spiro atoms. The van der Waals surface area contributed by atoms with Crippen LogP contribution in [0.4, 0.5) is 4.39 Å². The first-order valence-electron chi connectivity index (χ1n) is 8.24. The van der Waals surface area contributed by atoms with Crippen LogP contribution in [0.25, 0.3) is 10.9 Å². The summed E-state index contributed by atoms with van der Waals surface area (Å²) in [4.78, 5) is 28.0. The summed E-state index contributed by atoms with van der Waals surface area (Å²) in [5.41, 5.74) is 1.12. The molecule has 140 valence electrons. The van der Waals surface area contributed by atoms with E-state index in [1.54, 1.807) is 18.2 Å². The number of amides is 1. The van der Waals surface area contributed by atoms with Gasteiger partial charge in [-0.1, -0.05) is 18.1 Å². The second-order valence-electron chi connectivity index (χ2n) is 6.06. The molecule has 0 radical (unpaired) electrons. The highest BCUT2D eigenvalue weighted by Gasteiger charge is 2.21. The Morgan fingerprint density at radius 2 is 1.86 bits per heavy atom. The number of terminal acetylenes is 1. The van der Waals surface area contributed by atoms with Crippen molar-refractivity contribution < 1.29 is 24.2 Å². The molecule has 1 amide bonds. The molecular weight excluding hydrogens is 363 g/mol. The summed E-state index contributed by atoms with van der Waals surface area (Å²) >= 11 is 0. The second kappa shape index (κ2) is 7.76. The monoisotopic (exact) mass is 378 g/mol. The number of carboxylic acid groups (broad SMARTS) is 1. The van der Waals surface area contributed by atoms with E-state index in [1.807, 2.05) is 0 Å². The molecule has 0 aliphatic heterocycles. The van der Waals surface area contributed by atoms with Crippen LogP contribution in [-0.4, -0.2) is 33.6 Å². The normalized spacial score (nSPS) is 10.4. The van der Waals surface area contributed by atoms with Crippen molar-refractivity contribution in [3.63, 3.8) is 0 Å². The quantitative estimate of drug-likeness (QED) is 0.593. The average Bonchev–Trinajstić information content (AvgIpc) is 2.68. The van der Waals surface area contributed by atoms with Gasteiger partial charge in [0, 0.05) is 17.1 Å². The number of carboxylic acids is 1. The summed E-state index contributed by atoms with van der Waals surface area (Å²) in [5.74, 6) is -0.566. The van der Waals surface area contributed by atoms with Gasteiger partial charge in [-0.25, -0.2) is 9.18 Å². The topological polar surface area (TPSA) is 99.5 Å². The van der Waals surface area contributed by atoms with E-state index >= 15 is 0 Å². The minimum Gasteiger partial charge on any atom is -0.505 e. The Kier molecular flexibility index (Phi) is 5.23. The fraction of sp³-hybridized carbons (Fsp3) is 0.0952. The Bertz CT molecular complexity index is 1120. The van der Waals surface area contributed by atoms with Gasteiger partial charge in [-0.2, -0.15) is 0 Å². The third-order valence-electron chi connectivity index (χ3n) is 4.15. The van der Waals surface area contributed by atoms with E-state index in [0.717, 1.165) is 11.6 Å². The molecule has 0 fully saturated rings. The lowest BCUT2D eigenvalue weighted by molar-refractivity contribution is 0.0694. The molecule has 0 saturated heterocycles. The minimum atomic E-state index is -1.39. The van der Waals surface area contributed by atoms with E-state index in [4.69, 9.17) is 6.42 Å². The van der Waals surface area contributed by atoms with Crippen molar-refractivity contribution in [1.82, 2.24) is 10.3 Å². The van der Waals surface area contributed by atoms with Gasteiger partial charge in [-0.15, -0.1) is 6.42 Å². The van der Waals surface area contributed by atoms with Crippen LogP contribution >= 0.6 is 0 Å². The Labute approximate surface area is 159 Å². The molecule has 1 heterocycles. The van der Waals surface area contributed by atoms with Crippen molar-refractivity contribution >= 4 is 22.8 Å². The van der Waals surface area contributed by atoms with Gasteiger partial charge in [0.2, 0.25) is 0 Å². The average molecular weight is 378 g/mol. The van der Waals surface area contributed by atoms with E-state index in [2.05, 4.69) is 16.2 Å². The first kappa shape index (κ1) is 18.9. The number of nitrogens with one attached hydrogen (secondary N) is 1. The molecule has 0 unspecified atom stereocenters. The number of aromatic hydroxyl groups is 1. The first-order chi connectivity index (χ1) is 13.4. The van der Waals surface area contributed by atoms with Crippen molar-refractivity contribution in [2.75, 3.05) is 6.54 Å². The molecule has 7 heteroatoms. The predicted octanol–water partition coefficient (Wildman–Crippen LogP) is 2.73. The maximum Gasteiger partial charge on any atom is 0.339 e. The summed E-state index contributed by atoms with van der Waals surface area (Å²) in [6, 6.07) is 8.67. The lowest BCUT2D eigenvalue weighted by Gasteiger charge is -2.12. The van der Waals surface area contributed by atoms with E-state index < -0.39 is 23.2 Å². The van der Waals surface area contributed by atoms with Crippen LogP contribution in [0.15, 0.2) is 42.6 Å². The van der Waals surface area contributed by atoms with Crippen LogP contribution in [0.5, 0.6) is 5.75 Å². The molecule has 3 rings (SSSR count). The zero-order valence-electron chi connectivity index (χ0n) is 14.6. The van der Waals surface area contributed by atoms with Gasteiger partial charge in [0.05, 0.1) is 6.54 Å². The fourth-order valence-corrected chi connectivity index (χ4v) is 2.83. The van der Waals surface area contributed by atoms with Crippen molar-refractivity contribution in [3.05, 3.63) is 70.7 Å². The van der Waals surface area contributed by atoms with E-state index in [-0.39, 0.29) is 28.8 Å². The number of fused-ring (bicyclic) bond motifs is 1. The predicted molar refractivity (Wildman–Crippen MR) is 101 cm³/mol. The number of rotatable bonds is 5. The SMILES string of the molecule is C#CCNC(=O)c1cc(C(=O)O)c(O)c2ncc(Cc3ccc(F)cc3)cc12. The zero-order valence-corrected chi connectivity index (χ0v) is 14.6. The summed E-state index contributed by atoms with van der Waals surface area (Å²) in [6.07, 6.45) is 7.04. The van der Waals surface area contributed by atoms with Crippen molar-refractivity contribution in [2.24, 2.45) is 0 Å². The lowest BCUT2D eigenvalue weighted by Crippen LogP contribution is -2.24. The van der Waals surface area contributed by atoms with Crippen molar-refractivity contribution in [1.29, 1.82) is 0 Å². The molecule has 0 aliphatic rings. The maximum absolute atomic E-state index is 13.1. The van der Waals surface area contributed by atoms with Crippen LogP contribution in [0.2, 0.25) is 0 Å². The Balaban J connectivity index is 2.12. The van der Waals surface area contributed by atoms with Crippen LogP contribution in [0.1, 0.15) is 31.8 Å². The summed E-state index contributed by atoms with van der Waals surface area (Å²) in [5, 5.41) is 22.3. The molecule has 0 saturated carbocycles. The molecule has 1 aromatic heterocycles. The molecule has 28 heavy (non-hydrogen) atoms. The zero-order chi connectivity index (χ0) is 20.3. The van der Waals surface area contributed by atoms with Gasteiger partial charge >= 0.3 is 5.97 Å². The summed E-state index contributed by atoms with van der Waals surface area (Å²) in [7, 11) is 0. The highest BCUT2D eigenvalue weighted by atomic mass is 19.1. The van der Waals surface area contributed by atoms with E-state index in [1.165, 1.54) is 18.3 Å². The number of halogens is 1. The fourth-order valence-electron chi connectivity index (χ4n) is 2.83. The lowest BCUT2D eigenvalue weighted by atomic mass is 9.99. The number of phenols is 1. The molecule has 6 nitrogen and oxygen atoms in total. The van der Waals surface area contributed by atoms with Gasteiger partial charge in [0.15, 0.2) is 5.75 Å². The second-order valence-corrected chi connectivity index (χ2v) is 6.06. The number of hydrogen-bond acceptors (Lipinski definition) is 4. The molecule has 0 atom stereocenters. The smallest absolute Gasteiger partial charge is 0.339 e. The van der Waals surface area contributed by atoms with Gasteiger partial charge in [-0.3, -0.25) is 9.78 Å². The summed E-state index contributed by atoms with van der Waals surface area (Å²) < 4.78 is 13.1. The minimum absolute atomic E-state index is 0.00591. The van der Waals surface area contributed by atoms with E-state index in [9.17, 15) is 24.2 Å². The Morgan fingerprint density at radius 3 is 2.50 bits per heavy atom. The van der Waals surface area contributed by atoms with Crippen LogP contribution in [0.3, 0.4) is 0 Å². The molecule has 3 N–H and O–H groups in total. The molecule has 0 bridgehead atoms. The number of benzene rings is 2. The third kappa shape index (κ3) is 3.76. The first-order valence-corrected chi connectivity index (χ1v) is 8.24. The number of pyridine rings is 1. The Morgan fingerprint density at radius 1 is 1.14 bits per heavy atom. The van der Waals surface area contributed by atoms with E-state index in [0.29, 0.717) is 12.0 Å². The Hall–Kier alpha value is -3.92. The standard InChI is InChI=1S/C21H15FN2O4/c1-2-7-23-20(26)16-10-17(21(27)28)19(25)18-15(16)9-13(11-24-18)8-12-3-5-14(22)6-4-12/h1,3-6,9-11,25H,7-8H2,(H,23,26)(H,27,28). The summed E-state index contributed by atoms with van der Waals surface area (Å²) in [6.45, 7) is -0.0354. The maximum atomic E-state index is 13.1. The third-order valence-corrected chi connectivity index (χ3v) is 4.15. The van der Waals surface area contributed by atoms with Gasteiger partial charge < -0.3 is 15.5 Å². The molecule has 0 aliphatic carbocycles. The van der Waals surface area contributed by atoms with Crippen molar-refractivity contribution in [3.8, 4) is 18.1 Å². The van der Waals surface area contributed by atoms with Crippen LogP contribution in [-0.2, 0) is 6.42 Å². The van der Waals surface area contributed by atoms with Gasteiger partial charge in [0.25, 0.3) is 5.91 Å². The van der Waals surface area contributed by atoms with Crippen LogP contribution in [0, 0.1) is 18.2 Å². The number of hydrogen-bond donors (Lipinski definition) is 3. The molecule has 3 aromatic rings. The van der Waals surface area contributed by atoms with Crippen LogP contribution < -0.4 is 5.32 Å². The van der Waals surface area contributed by atoms with Gasteiger partial charge in [-0.05, 0) is 41.8 Å². The highest BCUT2D eigenvalue weighted by Crippen LogP contribution is 2.31. The number of carbonyl (C=O) groups excluding carboxylic acids is 1. The largest absolute Gasteiger partial charge is 0.505 e. The number of nitrogens with zero attached hydrogens (tertiary/aromatic N) is 1. The number of carbonyl (C=O) groups is 2. The highest BCUT2D eigenvalue weighted by molar-refractivity contribution is 6.11. The number of aromatic carboxylic acids is 1. The van der Waals surface area contributed by atoms with Crippen molar-refractivity contribution in [2.45, 2.75) is 6.42 Å². The molecule has 2 aromatic carbocycles. The molecular formula is C21H15FN2O4. The van der Waals surface area contributed by atoms with Gasteiger partial charge in [0.1, 0.15) is 16.9 Å².